The van der Waals surface area contributed by atoms with Gasteiger partial charge in [0.05, 0.1) is 5.41 Å². The van der Waals surface area contributed by atoms with E-state index in [0.717, 1.165) is 37.1 Å². The normalized spacial score (nSPS) is 19.5. The highest BCUT2D eigenvalue weighted by molar-refractivity contribution is 5.88. The first-order chi connectivity index (χ1) is 8.60. The van der Waals surface area contributed by atoms with Gasteiger partial charge in [0.2, 0.25) is 5.91 Å². The number of piperidine rings is 1. The second kappa shape index (κ2) is 5.08. The van der Waals surface area contributed by atoms with Crippen LogP contribution in [0.4, 0.5) is 0 Å². The minimum Gasteiger partial charge on any atom is -0.306 e. The molecule has 0 spiro atoms. The number of nitrogens with one attached hydrogen (secondary N) is 1. The molecule has 0 aromatic heterocycles. The van der Waals surface area contributed by atoms with Crippen molar-refractivity contribution in [3.05, 3.63) is 35.4 Å². The first-order valence-corrected chi connectivity index (χ1v) is 6.36. The van der Waals surface area contributed by atoms with Gasteiger partial charge < -0.3 is 4.90 Å². The largest absolute Gasteiger partial charge is 0.306 e. The maximum Gasteiger partial charge on any atom is 0.244 e. The second-order valence-corrected chi connectivity index (χ2v) is 5.17. The molecule has 1 heterocycles. The fourth-order valence-corrected chi connectivity index (χ4v) is 2.87. The molecule has 1 fully saturated rings. The Balaban J connectivity index is 2.43. The van der Waals surface area contributed by atoms with E-state index in [9.17, 15) is 4.79 Å². The number of nitrogens with zero attached hydrogens (tertiary/aromatic N) is 1. The molecule has 0 unspecified atom stereocenters. The Kier molecular flexibility index (Phi) is 3.68. The van der Waals surface area contributed by atoms with Gasteiger partial charge in [0, 0.05) is 0 Å². The van der Waals surface area contributed by atoms with E-state index in [2.05, 4.69) is 36.4 Å². The van der Waals surface area contributed by atoms with E-state index < -0.39 is 5.41 Å². The van der Waals surface area contributed by atoms with Crippen LogP contribution in [-0.2, 0) is 10.2 Å². The third-order valence-corrected chi connectivity index (χ3v) is 4.07. The van der Waals surface area contributed by atoms with Crippen LogP contribution in [0, 0.1) is 6.92 Å². The summed E-state index contributed by atoms with van der Waals surface area (Å²) < 4.78 is 0. The van der Waals surface area contributed by atoms with Gasteiger partial charge in [-0.3, -0.25) is 10.2 Å². The molecule has 0 atom stereocenters. The smallest absolute Gasteiger partial charge is 0.244 e. The molecule has 3 N–H and O–H groups in total. The molecule has 0 aliphatic carbocycles. The van der Waals surface area contributed by atoms with Crippen LogP contribution in [0.5, 0.6) is 0 Å². The zero-order valence-electron chi connectivity index (χ0n) is 11.1. The average Bonchev–Trinajstić information content (AvgIpc) is 2.40. The highest BCUT2D eigenvalue weighted by Crippen LogP contribution is 2.37. The Labute approximate surface area is 108 Å². The molecular weight excluding hydrogens is 226 g/mol. The number of carbonyl (C=O) groups excluding carboxylic acids is 1. The fraction of sp³-hybridized carbons (Fsp3) is 0.500. The molecule has 1 aromatic carbocycles. The summed E-state index contributed by atoms with van der Waals surface area (Å²) in [6, 6.07) is 8.10. The predicted molar refractivity (Wildman–Crippen MR) is 71.9 cm³/mol. The SMILES string of the molecule is Cc1ccccc1C1(C(=O)NN)CCN(C)CC1. The van der Waals surface area contributed by atoms with Gasteiger partial charge in [-0.2, -0.15) is 0 Å². The molecule has 1 saturated heterocycles. The first kappa shape index (κ1) is 13.1. The van der Waals surface area contributed by atoms with E-state index in [-0.39, 0.29) is 5.91 Å². The van der Waals surface area contributed by atoms with E-state index in [4.69, 9.17) is 5.84 Å². The third kappa shape index (κ3) is 2.13. The van der Waals surface area contributed by atoms with E-state index in [1.807, 2.05) is 12.1 Å². The number of carbonyl (C=O) groups is 1. The van der Waals surface area contributed by atoms with Crippen LogP contribution in [0.25, 0.3) is 0 Å². The van der Waals surface area contributed by atoms with Crippen LogP contribution in [0.15, 0.2) is 24.3 Å². The Morgan fingerprint density at radius 1 is 1.33 bits per heavy atom. The molecule has 1 amide bonds. The maximum atomic E-state index is 12.3. The monoisotopic (exact) mass is 247 g/mol. The van der Waals surface area contributed by atoms with Crippen LogP contribution in [0.3, 0.4) is 0 Å². The minimum atomic E-state index is -0.466. The standard InChI is InChI=1S/C14H21N3O/c1-11-5-3-4-6-12(11)14(13(18)16-15)7-9-17(2)10-8-14/h3-6H,7-10,15H2,1-2H3,(H,16,18). The van der Waals surface area contributed by atoms with Gasteiger partial charge in [0.15, 0.2) is 0 Å². The summed E-state index contributed by atoms with van der Waals surface area (Å²) in [6.45, 7) is 3.89. The van der Waals surface area contributed by atoms with Crippen molar-refractivity contribution in [1.29, 1.82) is 0 Å². The number of amides is 1. The Morgan fingerprint density at radius 2 is 1.94 bits per heavy atom. The van der Waals surface area contributed by atoms with Crippen molar-refractivity contribution in [2.24, 2.45) is 5.84 Å². The number of likely N-dealkylation sites (tertiary alicyclic amines) is 1. The molecule has 98 valence electrons. The summed E-state index contributed by atoms with van der Waals surface area (Å²) in [5, 5.41) is 0. The Hall–Kier alpha value is -1.39. The van der Waals surface area contributed by atoms with Gasteiger partial charge in [-0.1, -0.05) is 24.3 Å². The van der Waals surface area contributed by atoms with E-state index in [1.165, 1.54) is 0 Å². The maximum absolute atomic E-state index is 12.3. The summed E-state index contributed by atoms with van der Waals surface area (Å²) in [7, 11) is 2.09. The summed E-state index contributed by atoms with van der Waals surface area (Å²) in [6.07, 6.45) is 1.63. The lowest BCUT2D eigenvalue weighted by molar-refractivity contribution is -0.128. The van der Waals surface area contributed by atoms with Gasteiger partial charge in [-0.05, 0) is 51.0 Å². The summed E-state index contributed by atoms with van der Waals surface area (Å²) in [5.74, 6) is 5.33. The van der Waals surface area contributed by atoms with Crippen LogP contribution in [0.1, 0.15) is 24.0 Å². The van der Waals surface area contributed by atoms with Gasteiger partial charge in [0.25, 0.3) is 0 Å². The van der Waals surface area contributed by atoms with Gasteiger partial charge in [0.1, 0.15) is 0 Å². The number of benzene rings is 1. The summed E-state index contributed by atoms with van der Waals surface area (Å²) in [5.41, 5.74) is 4.16. The molecule has 1 aliphatic rings. The second-order valence-electron chi connectivity index (χ2n) is 5.17. The summed E-state index contributed by atoms with van der Waals surface area (Å²) in [4.78, 5) is 14.5. The molecule has 2 rings (SSSR count). The molecular formula is C14H21N3O. The zero-order valence-corrected chi connectivity index (χ0v) is 11.1. The van der Waals surface area contributed by atoms with E-state index >= 15 is 0 Å². The number of hydrazine groups is 1. The first-order valence-electron chi connectivity index (χ1n) is 6.36. The van der Waals surface area contributed by atoms with Crippen molar-refractivity contribution in [3.8, 4) is 0 Å². The minimum absolute atomic E-state index is 0.0649. The molecule has 1 aromatic rings. The van der Waals surface area contributed by atoms with Crippen molar-refractivity contribution in [1.82, 2.24) is 10.3 Å². The van der Waals surface area contributed by atoms with E-state index in [1.54, 1.807) is 0 Å². The average molecular weight is 247 g/mol. The Bertz CT molecular complexity index is 436. The number of aryl methyl sites for hydroxylation is 1. The van der Waals surface area contributed by atoms with Gasteiger partial charge in [-0.25, -0.2) is 5.84 Å². The molecule has 0 bridgehead atoms. The highest BCUT2D eigenvalue weighted by Gasteiger charge is 2.42. The van der Waals surface area contributed by atoms with Gasteiger partial charge >= 0.3 is 0 Å². The number of nitrogens with two attached hydrogens (primary N) is 1. The lowest BCUT2D eigenvalue weighted by Crippen LogP contribution is -2.53. The topological polar surface area (TPSA) is 58.4 Å². The van der Waals surface area contributed by atoms with Crippen LogP contribution < -0.4 is 11.3 Å². The lowest BCUT2D eigenvalue weighted by Gasteiger charge is -2.40. The van der Waals surface area contributed by atoms with Crippen molar-refractivity contribution in [2.45, 2.75) is 25.2 Å². The highest BCUT2D eigenvalue weighted by atomic mass is 16.2. The molecule has 0 radical (unpaired) electrons. The quantitative estimate of drug-likeness (QED) is 0.465. The predicted octanol–water partition coefficient (Wildman–Crippen LogP) is 0.948. The molecule has 1 aliphatic heterocycles. The number of rotatable bonds is 2. The van der Waals surface area contributed by atoms with E-state index in [0.29, 0.717) is 0 Å². The van der Waals surface area contributed by atoms with Crippen molar-refractivity contribution in [3.63, 3.8) is 0 Å². The van der Waals surface area contributed by atoms with Crippen molar-refractivity contribution in [2.75, 3.05) is 20.1 Å². The van der Waals surface area contributed by atoms with Crippen molar-refractivity contribution >= 4 is 5.91 Å². The molecule has 4 heteroatoms. The molecule has 18 heavy (non-hydrogen) atoms. The third-order valence-electron chi connectivity index (χ3n) is 4.07. The van der Waals surface area contributed by atoms with Gasteiger partial charge in [-0.15, -0.1) is 0 Å². The fourth-order valence-electron chi connectivity index (χ4n) is 2.87. The lowest BCUT2D eigenvalue weighted by atomic mass is 9.70. The molecule has 0 saturated carbocycles. The number of hydrogen-bond donors (Lipinski definition) is 2. The van der Waals surface area contributed by atoms with Crippen LogP contribution in [-0.4, -0.2) is 30.9 Å². The zero-order chi connectivity index (χ0) is 13.2. The molecule has 4 nitrogen and oxygen atoms in total. The van der Waals surface area contributed by atoms with Crippen molar-refractivity contribution < 1.29 is 4.79 Å². The summed E-state index contributed by atoms with van der Waals surface area (Å²) >= 11 is 0. The van der Waals surface area contributed by atoms with Crippen LogP contribution >= 0.6 is 0 Å². The number of hydrogen-bond acceptors (Lipinski definition) is 3. The Morgan fingerprint density at radius 3 is 2.50 bits per heavy atom. The van der Waals surface area contributed by atoms with Crippen LogP contribution in [0.2, 0.25) is 0 Å².